The van der Waals surface area contributed by atoms with E-state index in [0.29, 0.717) is 6.54 Å². The molecule has 0 aliphatic rings. The summed E-state index contributed by atoms with van der Waals surface area (Å²) < 4.78 is 13.7. The molecular formula is C15H18ClFN4O. The van der Waals surface area contributed by atoms with Gasteiger partial charge in [-0.2, -0.15) is 15.0 Å². The van der Waals surface area contributed by atoms with Crippen LogP contribution in [0, 0.1) is 11.7 Å². The highest BCUT2D eigenvalue weighted by atomic mass is 35.5. The van der Waals surface area contributed by atoms with Crippen LogP contribution in [0.3, 0.4) is 0 Å². The van der Waals surface area contributed by atoms with Crippen LogP contribution in [0.5, 0.6) is 0 Å². The topological polar surface area (TPSA) is 59.8 Å². The van der Waals surface area contributed by atoms with Crippen molar-refractivity contribution in [1.82, 2.24) is 20.3 Å². The van der Waals surface area contributed by atoms with Gasteiger partial charge in [-0.3, -0.25) is 4.79 Å². The van der Waals surface area contributed by atoms with E-state index in [-0.39, 0.29) is 34.9 Å². The molecule has 2 rings (SSSR count). The van der Waals surface area contributed by atoms with E-state index in [0.717, 1.165) is 0 Å². The zero-order valence-corrected chi connectivity index (χ0v) is 13.2. The van der Waals surface area contributed by atoms with Crippen molar-refractivity contribution in [3.05, 3.63) is 47.0 Å². The normalized spacial score (nSPS) is 12.4. The number of carbonyl (C=O) groups excluding carboxylic acids is 1. The predicted molar refractivity (Wildman–Crippen MR) is 81.9 cm³/mol. The Balaban J connectivity index is 2.02. The van der Waals surface area contributed by atoms with Gasteiger partial charge in [-0.25, -0.2) is 4.39 Å². The SMILES string of the molecule is CC(C)C(Cn1nccn1)NC(=O)Cc1c(F)cccc1Cl. The minimum absolute atomic E-state index is 0.0960. The third-order valence-electron chi connectivity index (χ3n) is 3.38. The van der Waals surface area contributed by atoms with E-state index in [4.69, 9.17) is 11.6 Å². The number of nitrogens with zero attached hydrogens (tertiary/aromatic N) is 3. The van der Waals surface area contributed by atoms with Crippen molar-refractivity contribution in [2.24, 2.45) is 5.92 Å². The highest BCUT2D eigenvalue weighted by Crippen LogP contribution is 2.19. The maximum atomic E-state index is 13.7. The molecule has 0 radical (unpaired) electrons. The first-order valence-corrected chi connectivity index (χ1v) is 7.41. The molecule has 7 heteroatoms. The molecule has 1 N–H and O–H groups in total. The van der Waals surface area contributed by atoms with E-state index in [1.54, 1.807) is 18.5 Å². The number of rotatable bonds is 6. The smallest absolute Gasteiger partial charge is 0.224 e. The van der Waals surface area contributed by atoms with Gasteiger partial charge in [-0.05, 0) is 18.1 Å². The lowest BCUT2D eigenvalue weighted by Crippen LogP contribution is -2.42. The number of hydrogen-bond donors (Lipinski definition) is 1. The molecule has 0 saturated heterocycles. The Labute approximate surface area is 133 Å². The standard InChI is InChI=1S/C15H18ClFN4O/c1-10(2)14(9-21-18-6-7-19-21)20-15(22)8-11-12(16)4-3-5-13(11)17/h3-7,10,14H,8-9H2,1-2H3,(H,20,22). The van der Waals surface area contributed by atoms with Crippen molar-refractivity contribution in [3.8, 4) is 0 Å². The first-order valence-electron chi connectivity index (χ1n) is 7.03. The Morgan fingerprint density at radius 1 is 1.36 bits per heavy atom. The molecule has 0 saturated carbocycles. The van der Waals surface area contributed by atoms with Crippen LogP contribution in [-0.2, 0) is 17.8 Å². The summed E-state index contributed by atoms with van der Waals surface area (Å²) in [7, 11) is 0. The van der Waals surface area contributed by atoms with Gasteiger partial charge in [0.15, 0.2) is 0 Å². The molecule has 0 spiro atoms. The summed E-state index contributed by atoms with van der Waals surface area (Å²) in [5.74, 6) is -0.568. The average Bonchev–Trinajstić information content (AvgIpc) is 2.95. The summed E-state index contributed by atoms with van der Waals surface area (Å²) in [6.45, 7) is 4.44. The first kappa shape index (κ1) is 16.4. The van der Waals surface area contributed by atoms with Crippen LogP contribution < -0.4 is 5.32 Å². The fraction of sp³-hybridized carbons (Fsp3) is 0.400. The Kier molecular flexibility index (Phi) is 5.49. The molecule has 5 nitrogen and oxygen atoms in total. The number of halogens is 2. The van der Waals surface area contributed by atoms with Crippen LogP contribution in [0.1, 0.15) is 19.4 Å². The Morgan fingerprint density at radius 3 is 2.64 bits per heavy atom. The lowest BCUT2D eigenvalue weighted by molar-refractivity contribution is -0.121. The average molecular weight is 325 g/mol. The Morgan fingerprint density at radius 2 is 2.05 bits per heavy atom. The maximum absolute atomic E-state index is 13.7. The van der Waals surface area contributed by atoms with Gasteiger partial charge in [0.05, 0.1) is 31.4 Å². The number of nitrogens with one attached hydrogen (secondary N) is 1. The van der Waals surface area contributed by atoms with E-state index in [1.165, 1.54) is 16.9 Å². The number of aromatic nitrogens is 3. The van der Waals surface area contributed by atoms with E-state index in [1.807, 2.05) is 13.8 Å². The number of benzene rings is 1. The van der Waals surface area contributed by atoms with Gasteiger partial charge in [-0.15, -0.1) is 0 Å². The number of hydrogen-bond acceptors (Lipinski definition) is 3. The molecule has 118 valence electrons. The van der Waals surface area contributed by atoms with Gasteiger partial charge in [0.25, 0.3) is 0 Å². The Hall–Kier alpha value is -1.95. The zero-order valence-electron chi connectivity index (χ0n) is 12.5. The van der Waals surface area contributed by atoms with Crippen LogP contribution in [0.2, 0.25) is 5.02 Å². The van der Waals surface area contributed by atoms with Gasteiger partial charge >= 0.3 is 0 Å². The van der Waals surface area contributed by atoms with Crippen molar-refractivity contribution in [3.63, 3.8) is 0 Å². The van der Waals surface area contributed by atoms with E-state index in [2.05, 4.69) is 15.5 Å². The van der Waals surface area contributed by atoms with Crippen LogP contribution >= 0.6 is 11.6 Å². The monoisotopic (exact) mass is 324 g/mol. The van der Waals surface area contributed by atoms with Crippen molar-refractivity contribution in [2.45, 2.75) is 32.9 Å². The summed E-state index contributed by atoms with van der Waals surface area (Å²) in [6.07, 6.45) is 3.07. The summed E-state index contributed by atoms with van der Waals surface area (Å²) in [6, 6.07) is 4.23. The molecule has 0 bridgehead atoms. The molecular weight excluding hydrogens is 307 g/mol. The molecule has 0 aliphatic heterocycles. The minimum atomic E-state index is -0.475. The van der Waals surface area contributed by atoms with Crippen molar-refractivity contribution in [1.29, 1.82) is 0 Å². The van der Waals surface area contributed by atoms with Gasteiger partial charge < -0.3 is 5.32 Å². The molecule has 1 aromatic heterocycles. The second-order valence-corrected chi connectivity index (χ2v) is 5.79. The lowest BCUT2D eigenvalue weighted by Gasteiger charge is -2.22. The third kappa shape index (κ3) is 4.27. The maximum Gasteiger partial charge on any atom is 0.224 e. The molecule has 1 atom stereocenters. The van der Waals surface area contributed by atoms with Crippen molar-refractivity contribution >= 4 is 17.5 Å². The quantitative estimate of drug-likeness (QED) is 0.888. The molecule has 1 aromatic carbocycles. The van der Waals surface area contributed by atoms with Gasteiger partial charge in [0.1, 0.15) is 5.82 Å². The summed E-state index contributed by atoms with van der Waals surface area (Å²) >= 11 is 5.94. The lowest BCUT2D eigenvalue weighted by atomic mass is 10.0. The molecule has 1 amide bonds. The summed E-state index contributed by atoms with van der Waals surface area (Å²) in [4.78, 5) is 13.7. The molecule has 22 heavy (non-hydrogen) atoms. The van der Waals surface area contributed by atoms with Crippen LogP contribution in [-0.4, -0.2) is 26.9 Å². The van der Waals surface area contributed by atoms with E-state index in [9.17, 15) is 9.18 Å². The highest BCUT2D eigenvalue weighted by Gasteiger charge is 2.19. The van der Waals surface area contributed by atoms with Crippen LogP contribution in [0.4, 0.5) is 4.39 Å². The fourth-order valence-electron chi connectivity index (χ4n) is 2.06. The Bertz CT molecular complexity index is 610. The number of carbonyl (C=O) groups is 1. The number of amides is 1. The zero-order chi connectivity index (χ0) is 16.1. The molecule has 1 heterocycles. The van der Waals surface area contributed by atoms with Crippen molar-refractivity contribution < 1.29 is 9.18 Å². The fourth-order valence-corrected chi connectivity index (χ4v) is 2.29. The van der Waals surface area contributed by atoms with Crippen LogP contribution in [0.15, 0.2) is 30.6 Å². The van der Waals surface area contributed by atoms with E-state index < -0.39 is 5.82 Å². The van der Waals surface area contributed by atoms with Crippen molar-refractivity contribution in [2.75, 3.05) is 0 Å². The van der Waals surface area contributed by atoms with Crippen LogP contribution in [0.25, 0.3) is 0 Å². The molecule has 1 unspecified atom stereocenters. The molecule has 2 aromatic rings. The highest BCUT2D eigenvalue weighted by molar-refractivity contribution is 6.31. The first-order chi connectivity index (χ1) is 10.5. The van der Waals surface area contributed by atoms with E-state index >= 15 is 0 Å². The van der Waals surface area contributed by atoms with Gasteiger partial charge in [0.2, 0.25) is 5.91 Å². The molecule has 0 aliphatic carbocycles. The molecule has 0 fully saturated rings. The second-order valence-electron chi connectivity index (χ2n) is 5.38. The summed E-state index contributed by atoms with van der Waals surface area (Å²) in [5.41, 5.74) is 0.210. The predicted octanol–water partition coefficient (Wildman–Crippen LogP) is 2.45. The summed E-state index contributed by atoms with van der Waals surface area (Å²) in [5, 5.41) is 11.2. The second kappa shape index (κ2) is 7.35. The largest absolute Gasteiger partial charge is 0.351 e. The van der Waals surface area contributed by atoms with Gasteiger partial charge in [-0.1, -0.05) is 31.5 Å². The van der Waals surface area contributed by atoms with Gasteiger partial charge in [0, 0.05) is 10.6 Å². The third-order valence-corrected chi connectivity index (χ3v) is 3.73. The minimum Gasteiger partial charge on any atom is -0.351 e.